The molecule has 1 fully saturated rings. The lowest BCUT2D eigenvalue weighted by molar-refractivity contribution is -0.384. The number of benzene rings is 3. The van der Waals surface area contributed by atoms with Crippen LogP contribution in [0, 0.1) is 17.0 Å². The van der Waals surface area contributed by atoms with Gasteiger partial charge in [-0.3, -0.25) is 14.9 Å². The normalized spacial score (nSPS) is 13.4. The predicted octanol–water partition coefficient (Wildman–Crippen LogP) is 6.03. The van der Waals surface area contributed by atoms with Crippen LogP contribution < -0.4 is 10.2 Å². The summed E-state index contributed by atoms with van der Waals surface area (Å²) in [7, 11) is 0. The van der Waals surface area contributed by atoms with Crippen molar-refractivity contribution in [1.82, 2.24) is 4.98 Å². The molecule has 0 spiro atoms. The standard InChI is InChI=1S/C25H22N4O3S/c1-16-14-18(25-27-20-6-2-3-7-23(20)33-25)8-10-19(16)26-24(30)17-9-11-21(22(15-17)29(31)32)28-12-4-5-13-28/h2-3,6-11,14-15H,4-5,12-13H2,1H3,(H,26,30). The van der Waals surface area contributed by atoms with Gasteiger partial charge in [-0.1, -0.05) is 12.1 Å². The number of aryl methyl sites for hydroxylation is 1. The lowest BCUT2D eigenvalue weighted by Crippen LogP contribution is -2.20. The first-order chi connectivity index (χ1) is 16.0. The Bertz CT molecular complexity index is 1340. The van der Waals surface area contributed by atoms with Crippen LogP contribution in [0.4, 0.5) is 17.1 Å². The van der Waals surface area contributed by atoms with Crippen molar-refractivity contribution in [1.29, 1.82) is 0 Å². The number of fused-ring (bicyclic) bond motifs is 1. The molecule has 166 valence electrons. The van der Waals surface area contributed by atoms with Crippen molar-refractivity contribution in [3.05, 3.63) is 81.9 Å². The molecule has 1 aromatic heterocycles. The average molecular weight is 459 g/mol. The highest BCUT2D eigenvalue weighted by atomic mass is 32.1. The van der Waals surface area contributed by atoms with Crippen molar-refractivity contribution in [2.24, 2.45) is 0 Å². The van der Waals surface area contributed by atoms with Gasteiger partial charge in [0.1, 0.15) is 10.7 Å². The van der Waals surface area contributed by atoms with Crippen LogP contribution in [0.3, 0.4) is 0 Å². The molecular formula is C25H22N4O3S. The van der Waals surface area contributed by atoms with E-state index in [1.165, 1.54) is 6.07 Å². The Labute approximate surface area is 194 Å². The smallest absolute Gasteiger partial charge is 0.293 e. The summed E-state index contributed by atoms with van der Waals surface area (Å²) < 4.78 is 1.13. The topological polar surface area (TPSA) is 88.4 Å². The van der Waals surface area contributed by atoms with E-state index in [2.05, 4.69) is 5.32 Å². The van der Waals surface area contributed by atoms with Crippen molar-refractivity contribution in [2.45, 2.75) is 19.8 Å². The fraction of sp³-hybridized carbons (Fsp3) is 0.200. The maximum absolute atomic E-state index is 12.9. The fourth-order valence-corrected chi connectivity index (χ4v) is 5.13. The molecule has 1 aliphatic heterocycles. The Morgan fingerprint density at radius 2 is 1.88 bits per heavy atom. The lowest BCUT2D eigenvalue weighted by atomic mass is 10.1. The maximum Gasteiger partial charge on any atom is 0.293 e. The summed E-state index contributed by atoms with van der Waals surface area (Å²) in [4.78, 5) is 30.8. The number of amides is 1. The highest BCUT2D eigenvalue weighted by molar-refractivity contribution is 7.21. The van der Waals surface area contributed by atoms with Gasteiger partial charge in [0.05, 0.1) is 15.1 Å². The number of rotatable bonds is 5. The lowest BCUT2D eigenvalue weighted by Gasteiger charge is -2.18. The number of carbonyl (C=O) groups excluding carboxylic acids is 1. The second kappa shape index (κ2) is 8.63. The van der Waals surface area contributed by atoms with Gasteiger partial charge in [0, 0.05) is 36.0 Å². The van der Waals surface area contributed by atoms with Gasteiger partial charge in [-0.25, -0.2) is 4.98 Å². The zero-order chi connectivity index (χ0) is 22.9. The number of hydrogen-bond donors (Lipinski definition) is 1. The molecule has 7 nitrogen and oxygen atoms in total. The van der Waals surface area contributed by atoms with Gasteiger partial charge >= 0.3 is 0 Å². The number of aromatic nitrogens is 1. The van der Waals surface area contributed by atoms with E-state index in [0.29, 0.717) is 11.4 Å². The van der Waals surface area contributed by atoms with Crippen LogP contribution >= 0.6 is 11.3 Å². The summed E-state index contributed by atoms with van der Waals surface area (Å²) >= 11 is 1.63. The van der Waals surface area contributed by atoms with E-state index in [9.17, 15) is 14.9 Å². The Kier molecular flexibility index (Phi) is 5.51. The van der Waals surface area contributed by atoms with E-state index < -0.39 is 4.92 Å². The quantitative estimate of drug-likeness (QED) is 0.291. The molecule has 1 N–H and O–H groups in total. The molecule has 1 aliphatic rings. The third kappa shape index (κ3) is 4.17. The summed E-state index contributed by atoms with van der Waals surface area (Å²) in [5.41, 5.74) is 4.31. The van der Waals surface area contributed by atoms with Gasteiger partial charge in [0.25, 0.3) is 11.6 Å². The highest BCUT2D eigenvalue weighted by Gasteiger charge is 2.24. The van der Waals surface area contributed by atoms with Gasteiger partial charge in [-0.05, 0) is 67.8 Å². The first-order valence-corrected chi connectivity index (χ1v) is 11.6. The van der Waals surface area contributed by atoms with Crippen LogP contribution in [0.1, 0.15) is 28.8 Å². The number of nitrogens with one attached hydrogen (secondary N) is 1. The molecule has 0 atom stereocenters. The van der Waals surface area contributed by atoms with Crippen LogP contribution in [0.2, 0.25) is 0 Å². The number of para-hydroxylation sites is 1. The number of nitro groups is 1. The Morgan fingerprint density at radius 3 is 2.61 bits per heavy atom. The summed E-state index contributed by atoms with van der Waals surface area (Å²) in [6.45, 7) is 3.52. The molecule has 33 heavy (non-hydrogen) atoms. The van der Waals surface area contributed by atoms with E-state index in [4.69, 9.17) is 4.98 Å². The summed E-state index contributed by atoms with van der Waals surface area (Å²) in [6.07, 6.45) is 2.04. The van der Waals surface area contributed by atoms with Gasteiger partial charge < -0.3 is 10.2 Å². The molecule has 0 radical (unpaired) electrons. The second-order valence-electron chi connectivity index (χ2n) is 8.13. The minimum atomic E-state index is -0.414. The highest BCUT2D eigenvalue weighted by Crippen LogP contribution is 2.33. The SMILES string of the molecule is Cc1cc(-c2nc3ccccc3s2)ccc1NC(=O)c1ccc(N2CCCC2)c([N+](=O)[O-])c1. The number of anilines is 2. The van der Waals surface area contributed by atoms with Gasteiger partial charge in [-0.15, -0.1) is 11.3 Å². The van der Waals surface area contributed by atoms with E-state index in [1.807, 2.05) is 54.3 Å². The van der Waals surface area contributed by atoms with Crippen molar-refractivity contribution < 1.29 is 9.72 Å². The largest absolute Gasteiger partial charge is 0.366 e. The minimum absolute atomic E-state index is 0.0348. The maximum atomic E-state index is 12.9. The molecule has 0 bridgehead atoms. The van der Waals surface area contributed by atoms with Gasteiger partial charge in [0.2, 0.25) is 0 Å². The molecule has 0 unspecified atom stereocenters. The first-order valence-electron chi connectivity index (χ1n) is 10.8. The van der Waals surface area contributed by atoms with Crippen LogP contribution in [-0.4, -0.2) is 28.9 Å². The molecular weight excluding hydrogens is 436 g/mol. The van der Waals surface area contributed by atoms with Crippen LogP contribution in [0.25, 0.3) is 20.8 Å². The monoisotopic (exact) mass is 458 g/mol. The molecule has 0 aliphatic carbocycles. The number of thiazole rings is 1. The third-order valence-electron chi connectivity index (χ3n) is 5.90. The molecule has 0 saturated carbocycles. The van der Waals surface area contributed by atoms with Crippen molar-refractivity contribution in [2.75, 3.05) is 23.3 Å². The van der Waals surface area contributed by atoms with Gasteiger partial charge in [-0.2, -0.15) is 0 Å². The molecule has 3 aromatic carbocycles. The van der Waals surface area contributed by atoms with Crippen molar-refractivity contribution in [3.8, 4) is 10.6 Å². The molecule has 4 aromatic rings. The number of nitrogens with zero attached hydrogens (tertiary/aromatic N) is 3. The summed E-state index contributed by atoms with van der Waals surface area (Å²) in [6, 6.07) is 18.5. The molecule has 1 amide bonds. The number of nitro benzene ring substituents is 1. The Morgan fingerprint density at radius 1 is 1.09 bits per heavy atom. The fourth-order valence-electron chi connectivity index (χ4n) is 4.16. The molecule has 2 heterocycles. The summed E-state index contributed by atoms with van der Waals surface area (Å²) in [5.74, 6) is -0.373. The van der Waals surface area contributed by atoms with E-state index in [1.54, 1.807) is 23.5 Å². The third-order valence-corrected chi connectivity index (χ3v) is 6.98. The Balaban J connectivity index is 1.38. The van der Waals surface area contributed by atoms with E-state index in [0.717, 1.165) is 52.3 Å². The minimum Gasteiger partial charge on any atom is -0.366 e. The summed E-state index contributed by atoms with van der Waals surface area (Å²) in [5, 5.41) is 15.5. The molecule has 8 heteroatoms. The zero-order valence-electron chi connectivity index (χ0n) is 18.1. The first kappa shape index (κ1) is 21.1. The zero-order valence-corrected chi connectivity index (χ0v) is 18.9. The van der Waals surface area contributed by atoms with Crippen LogP contribution in [0.15, 0.2) is 60.7 Å². The molecule has 5 rings (SSSR count). The van der Waals surface area contributed by atoms with Crippen molar-refractivity contribution in [3.63, 3.8) is 0 Å². The number of hydrogen-bond acceptors (Lipinski definition) is 6. The van der Waals surface area contributed by atoms with Gasteiger partial charge in [0.15, 0.2) is 0 Å². The number of carbonyl (C=O) groups is 1. The average Bonchev–Trinajstić information content (AvgIpc) is 3.50. The van der Waals surface area contributed by atoms with E-state index >= 15 is 0 Å². The predicted molar refractivity (Wildman–Crippen MR) is 132 cm³/mol. The van der Waals surface area contributed by atoms with Crippen LogP contribution in [-0.2, 0) is 0 Å². The van der Waals surface area contributed by atoms with E-state index in [-0.39, 0.29) is 17.2 Å². The van der Waals surface area contributed by atoms with Crippen LogP contribution in [0.5, 0.6) is 0 Å². The van der Waals surface area contributed by atoms with Crippen molar-refractivity contribution >= 4 is 44.5 Å². The molecule has 1 saturated heterocycles. The second-order valence-corrected chi connectivity index (χ2v) is 9.16. The Hall–Kier alpha value is -3.78.